The van der Waals surface area contributed by atoms with Gasteiger partial charge in [-0.2, -0.15) is 0 Å². The highest BCUT2D eigenvalue weighted by Crippen LogP contribution is 2.29. The van der Waals surface area contributed by atoms with Gasteiger partial charge in [0.2, 0.25) is 0 Å². The van der Waals surface area contributed by atoms with Gasteiger partial charge in [0.15, 0.2) is 0 Å². The Labute approximate surface area is 144 Å². The van der Waals surface area contributed by atoms with E-state index in [1.54, 1.807) is 13.0 Å². The molecule has 4 unspecified atom stereocenters. The third kappa shape index (κ3) is 5.55. The van der Waals surface area contributed by atoms with E-state index in [-0.39, 0.29) is 24.7 Å². The standard InChI is InChI=1S/C20H30O4/c1-5-17(22)12-19(23)15(4)20(24)14(3)18-9-8-13(2)11-16(18)7-6-10-21/h6-9,11,14-15,17,20-22,24H,5,10,12H2,1-4H3. The number of Topliss-reactive ketones (excluding diaryl/α,β-unsaturated/α-hetero) is 1. The summed E-state index contributed by atoms with van der Waals surface area (Å²) in [6.45, 7) is 7.37. The van der Waals surface area contributed by atoms with Gasteiger partial charge in [0.25, 0.3) is 0 Å². The topological polar surface area (TPSA) is 77.8 Å². The van der Waals surface area contributed by atoms with Crippen molar-refractivity contribution in [3.63, 3.8) is 0 Å². The number of carbonyl (C=O) groups is 1. The van der Waals surface area contributed by atoms with E-state index in [0.29, 0.717) is 6.42 Å². The molecule has 0 amide bonds. The summed E-state index contributed by atoms with van der Waals surface area (Å²) in [5, 5.41) is 29.3. The fraction of sp³-hybridized carbons (Fsp3) is 0.550. The van der Waals surface area contributed by atoms with Crippen molar-refractivity contribution in [3.05, 3.63) is 41.0 Å². The Morgan fingerprint density at radius 1 is 1.25 bits per heavy atom. The van der Waals surface area contributed by atoms with Gasteiger partial charge >= 0.3 is 0 Å². The molecule has 1 aromatic rings. The molecule has 0 aliphatic rings. The van der Waals surface area contributed by atoms with Crippen molar-refractivity contribution in [1.82, 2.24) is 0 Å². The van der Waals surface area contributed by atoms with Gasteiger partial charge in [-0.15, -0.1) is 0 Å². The van der Waals surface area contributed by atoms with Gasteiger partial charge in [0.05, 0.1) is 18.8 Å². The summed E-state index contributed by atoms with van der Waals surface area (Å²) in [7, 11) is 0. The summed E-state index contributed by atoms with van der Waals surface area (Å²) in [4.78, 5) is 12.2. The predicted molar refractivity (Wildman–Crippen MR) is 96.8 cm³/mol. The molecule has 4 heteroatoms. The normalized spacial score (nSPS) is 16.8. The van der Waals surface area contributed by atoms with Gasteiger partial charge in [0, 0.05) is 18.3 Å². The van der Waals surface area contributed by atoms with E-state index in [9.17, 15) is 15.0 Å². The Morgan fingerprint density at radius 3 is 2.50 bits per heavy atom. The van der Waals surface area contributed by atoms with Crippen LogP contribution in [-0.2, 0) is 4.79 Å². The Bertz CT molecular complexity index is 565. The van der Waals surface area contributed by atoms with Crippen LogP contribution in [0.25, 0.3) is 6.08 Å². The lowest BCUT2D eigenvalue weighted by atomic mass is 9.82. The summed E-state index contributed by atoms with van der Waals surface area (Å²) in [6.07, 6.45) is 2.61. The number of ketones is 1. The molecule has 4 atom stereocenters. The van der Waals surface area contributed by atoms with Crippen LogP contribution >= 0.6 is 0 Å². The SMILES string of the molecule is CCC(O)CC(=O)C(C)C(O)C(C)c1ccc(C)cc1C=CCO. The first-order valence-electron chi connectivity index (χ1n) is 8.58. The zero-order valence-electron chi connectivity index (χ0n) is 15.1. The Hall–Kier alpha value is -1.49. The van der Waals surface area contributed by atoms with Crippen LogP contribution in [0.2, 0.25) is 0 Å². The molecule has 4 nitrogen and oxygen atoms in total. The van der Waals surface area contributed by atoms with Crippen LogP contribution in [0.3, 0.4) is 0 Å². The predicted octanol–water partition coefficient (Wildman–Crippen LogP) is 2.83. The molecule has 24 heavy (non-hydrogen) atoms. The van der Waals surface area contributed by atoms with Crippen molar-refractivity contribution in [2.45, 2.75) is 58.7 Å². The number of benzene rings is 1. The molecule has 3 N–H and O–H groups in total. The first kappa shape index (κ1) is 20.6. The highest BCUT2D eigenvalue weighted by molar-refractivity contribution is 5.81. The number of rotatable bonds is 9. The Kier molecular flexibility index (Phi) is 8.32. The van der Waals surface area contributed by atoms with Gasteiger partial charge in [-0.3, -0.25) is 4.79 Å². The Balaban J connectivity index is 2.97. The summed E-state index contributed by atoms with van der Waals surface area (Å²) < 4.78 is 0. The number of aliphatic hydroxyl groups is 3. The fourth-order valence-electron chi connectivity index (χ4n) is 2.80. The van der Waals surface area contributed by atoms with E-state index in [1.165, 1.54) is 0 Å². The molecule has 0 heterocycles. The highest BCUT2D eigenvalue weighted by atomic mass is 16.3. The van der Waals surface area contributed by atoms with Crippen molar-refractivity contribution in [3.8, 4) is 0 Å². The van der Waals surface area contributed by atoms with Gasteiger partial charge in [0.1, 0.15) is 5.78 Å². The van der Waals surface area contributed by atoms with Gasteiger partial charge in [-0.25, -0.2) is 0 Å². The van der Waals surface area contributed by atoms with Crippen LogP contribution in [0.5, 0.6) is 0 Å². The first-order chi connectivity index (χ1) is 11.3. The molecule has 0 bridgehead atoms. The Morgan fingerprint density at radius 2 is 1.92 bits per heavy atom. The van der Waals surface area contributed by atoms with Crippen molar-refractivity contribution < 1.29 is 20.1 Å². The lowest BCUT2D eigenvalue weighted by molar-refractivity contribution is -0.128. The molecule has 0 aliphatic heterocycles. The number of carbonyl (C=O) groups excluding carboxylic acids is 1. The average molecular weight is 334 g/mol. The minimum absolute atomic E-state index is 0.0475. The molecule has 0 aromatic heterocycles. The second-order valence-electron chi connectivity index (χ2n) is 6.52. The maximum Gasteiger partial charge on any atom is 0.140 e. The van der Waals surface area contributed by atoms with Gasteiger partial charge in [-0.1, -0.05) is 56.7 Å². The van der Waals surface area contributed by atoms with Crippen molar-refractivity contribution in [2.75, 3.05) is 6.61 Å². The zero-order chi connectivity index (χ0) is 18.3. The molecule has 0 spiro atoms. The molecule has 0 fully saturated rings. The largest absolute Gasteiger partial charge is 0.393 e. The van der Waals surface area contributed by atoms with Crippen LogP contribution in [0.15, 0.2) is 24.3 Å². The number of aliphatic hydroxyl groups excluding tert-OH is 3. The lowest BCUT2D eigenvalue weighted by Gasteiger charge is -2.26. The van der Waals surface area contributed by atoms with E-state index >= 15 is 0 Å². The third-order valence-corrected chi connectivity index (χ3v) is 4.58. The second-order valence-corrected chi connectivity index (χ2v) is 6.52. The van der Waals surface area contributed by atoms with Gasteiger partial charge in [-0.05, 0) is 24.5 Å². The van der Waals surface area contributed by atoms with E-state index < -0.39 is 18.1 Å². The second kappa shape index (κ2) is 9.72. The van der Waals surface area contributed by atoms with Crippen LogP contribution < -0.4 is 0 Å². The summed E-state index contributed by atoms with van der Waals surface area (Å²) >= 11 is 0. The average Bonchev–Trinajstić information content (AvgIpc) is 2.57. The minimum Gasteiger partial charge on any atom is -0.393 e. The maximum atomic E-state index is 12.2. The van der Waals surface area contributed by atoms with Crippen molar-refractivity contribution >= 4 is 11.9 Å². The third-order valence-electron chi connectivity index (χ3n) is 4.58. The summed E-state index contributed by atoms with van der Waals surface area (Å²) in [6, 6.07) is 5.93. The number of hydrogen-bond acceptors (Lipinski definition) is 4. The summed E-state index contributed by atoms with van der Waals surface area (Å²) in [5.74, 6) is -0.901. The van der Waals surface area contributed by atoms with E-state index in [0.717, 1.165) is 16.7 Å². The monoisotopic (exact) mass is 334 g/mol. The molecule has 0 saturated heterocycles. The van der Waals surface area contributed by atoms with Crippen molar-refractivity contribution in [2.24, 2.45) is 5.92 Å². The molecular weight excluding hydrogens is 304 g/mol. The van der Waals surface area contributed by atoms with Crippen molar-refractivity contribution in [1.29, 1.82) is 0 Å². The van der Waals surface area contributed by atoms with E-state index in [2.05, 4.69) is 0 Å². The van der Waals surface area contributed by atoms with Gasteiger partial charge < -0.3 is 15.3 Å². The molecule has 134 valence electrons. The smallest absolute Gasteiger partial charge is 0.140 e. The minimum atomic E-state index is -0.828. The molecule has 1 rings (SSSR count). The molecule has 0 saturated carbocycles. The zero-order valence-corrected chi connectivity index (χ0v) is 15.1. The van der Waals surface area contributed by atoms with Crippen LogP contribution in [0.1, 0.15) is 56.2 Å². The van der Waals surface area contributed by atoms with E-state index in [1.807, 2.05) is 45.0 Å². The molecule has 0 aliphatic carbocycles. The molecule has 1 aromatic carbocycles. The van der Waals surface area contributed by atoms with Crippen LogP contribution in [-0.4, -0.2) is 39.9 Å². The number of aryl methyl sites for hydroxylation is 1. The molecule has 0 radical (unpaired) electrons. The maximum absolute atomic E-state index is 12.2. The first-order valence-corrected chi connectivity index (χ1v) is 8.58. The fourth-order valence-corrected chi connectivity index (χ4v) is 2.80. The van der Waals surface area contributed by atoms with Crippen LogP contribution in [0.4, 0.5) is 0 Å². The summed E-state index contributed by atoms with van der Waals surface area (Å²) in [5.41, 5.74) is 2.96. The molecular formula is C20H30O4. The van der Waals surface area contributed by atoms with E-state index in [4.69, 9.17) is 5.11 Å². The quantitative estimate of drug-likeness (QED) is 0.649. The number of hydrogen-bond donors (Lipinski definition) is 3. The highest BCUT2D eigenvalue weighted by Gasteiger charge is 2.29. The lowest BCUT2D eigenvalue weighted by Crippen LogP contribution is -2.32. The van der Waals surface area contributed by atoms with Crippen LogP contribution in [0, 0.1) is 12.8 Å².